The zero-order valence-corrected chi connectivity index (χ0v) is 11.5. The molecule has 0 heterocycles. The van der Waals surface area contributed by atoms with Crippen LogP contribution in [0.2, 0.25) is 0 Å². The zero-order valence-electron chi connectivity index (χ0n) is 11.5. The lowest BCUT2D eigenvalue weighted by Crippen LogP contribution is -2.29. The van der Waals surface area contributed by atoms with Gasteiger partial charge in [-0.3, -0.25) is 0 Å². The molecule has 114 valence electrons. The number of halogens is 4. The van der Waals surface area contributed by atoms with Gasteiger partial charge in [-0.1, -0.05) is 19.1 Å². The molecule has 0 amide bonds. The third-order valence-corrected chi connectivity index (χ3v) is 3.42. The molecule has 0 spiro atoms. The molecule has 1 aliphatic carbocycles. The van der Waals surface area contributed by atoms with Gasteiger partial charge in [0, 0.05) is 5.92 Å². The van der Waals surface area contributed by atoms with Crippen LogP contribution in [0.5, 0.6) is 0 Å². The second-order valence-corrected chi connectivity index (χ2v) is 4.81. The second-order valence-electron chi connectivity index (χ2n) is 4.81. The molecule has 2 unspecified atom stereocenters. The van der Waals surface area contributed by atoms with E-state index < -0.39 is 17.6 Å². The number of benzene rings is 1. The molecule has 0 fully saturated rings. The van der Waals surface area contributed by atoms with Gasteiger partial charge in [0.1, 0.15) is 11.6 Å². The van der Waals surface area contributed by atoms with E-state index in [1.54, 1.807) is 18.2 Å². The smallest absolute Gasteiger partial charge is 0.416 e. The predicted molar refractivity (Wildman–Crippen MR) is 72.2 cm³/mol. The molecule has 21 heavy (non-hydrogen) atoms. The lowest BCUT2D eigenvalue weighted by atomic mass is 9.94. The van der Waals surface area contributed by atoms with E-state index in [-0.39, 0.29) is 17.6 Å². The maximum absolute atomic E-state index is 13.7. The Kier molecular flexibility index (Phi) is 4.25. The van der Waals surface area contributed by atoms with Gasteiger partial charge in [0.05, 0.1) is 24.4 Å². The predicted octanol–water partition coefficient (Wildman–Crippen LogP) is 4.36. The summed E-state index contributed by atoms with van der Waals surface area (Å²) in [7, 11) is 1.52. The van der Waals surface area contributed by atoms with Crippen molar-refractivity contribution in [3.63, 3.8) is 0 Å². The summed E-state index contributed by atoms with van der Waals surface area (Å²) in [5, 5.41) is 2.79. The van der Waals surface area contributed by atoms with Crippen molar-refractivity contribution in [1.82, 2.24) is 0 Å². The number of nitrogens with one attached hydrogen (secondary N) is 1. The first-order valence-corrected chi connectivity index (χ1v) is 6.38. The van der Waals surface area contributed by atoms with Crippen molar-refractivity contribution in [2.75, 3.05) is 12.4 Å². The van der Waals surface area contributed by atoms with Crippen LogP contribution >= 0.6 is 0 Å². The Morgan fingerprint density at radius 3 is 2.57 bits per heavy atom. The SMILES string of the molecule is COC1=CC=CC(Nc2cc(C(F)(F)F)ccc2F)C1C. The summed E-state index contributed by atoms with van der Waals surface area (Å²) in [5.74, 6) is -0.159. The first-order chi connectivity index (χ1) is 9.82. The van der Waals surface area contributed by atoms with Crippen molar-refractivity contribution in [3.05, 3.63) is 53.6 Å². The summed E-state index contributed by atoms with van der Waals surface area (Å²) in [6.07, 6.45) is 0.746. The Morgan fingerprint density at radius 2 is 1.95 bits per heavy atom. The van der Waals surface area contributed by atoms with E-state index in [2.05, 4.69) is 5.32 Å². The van der Waals surface area contributed by atoms with Gasteiger partial charge in [-0.05, 0) is 24.3 Å². The Bertz CT molecular complexity index is 578. The minimum Gasteiger partial charge on any atom is -0.501 e. The second kappa shape index (κ2) is 5.79. The normalized spacial score (nSPS) is 21.9. The molecule has 2 rings (SSSR count). The summed E-state index contributed by atoms with van der Waals surface area (Å²) in [4.78, 5) is 0. The quantitative estimate of drug-likeness (QED) is 0.838. The molecular formula is C15H15F4NO. The zero-order chi connectivity index (χ0) is 15.6. The Balaban J connectivity index is 2.24. The van der Waals surface area contributed by atoms with Crippen molar-refractivity contribution in [2.24, 2.45) is 5.92 Å². The van der Waals surface area contributed by atoms with Crippen molar-refractivity contribution >= 4 is 5.69 Å². The summed E-state index contributed by atoms with van der Waals surface area (Å²) < 4.78 is 56.9. The minimum atomic E-state index is -4.50. The largest absolute Gasteiger partial charge is 0.501 e. The topological polar surface area (TPSA) is 21.3 Å². The molecule has 0 aliphatic heterocycles. The lowest BCUT2D eigenvalue weighted by Gasteiger charge is -2.27. The van der Waals surface area contributed by atoms with Crippen LogP contribution in [0.4, 0.5) is 23.2 Å². The number of methoxy groups -OCH3 is 1. The van der Waals surface area contributed by atoms with Crippen LogP contribution in [-0.4, -0.2) is 13.2 Å². The van der Waals surface area contributed by atoms with Gasteiger partial charge >= 0.3 is 6.18 Å². The third-order valence-electron chi connectivity index (χ3n) is 3.42. The molecular weight excluding hydrogens is 286 g/mol. The maximum Gasteiger partial charge on any atom is 0.416 e. The molecule has 1 aromatic carbocycles. The van der Waals surface area contributed by atoms with Crippen molar-refractivity contribution in [2.45, 2.75) is 19.1 Å². The van der Waals surface area contributed by atoms with Crippen molar-refractivity contribution in [3.8, 4) is 0 Å². The van der Waals surface area contributed by atoms with Crippen molar-refractivity contribution < 1.29 is 22.3 Å². The fraction of sp³-hybridized carbons (Fsp3) is 0.333. The number of alkyl halides is 3. The Labute approximate surface area is 120 Å². The number of hydrogen-bond acceptors (Lipinski definition) is 2. The molecule has 0 radical (unpaired) electrons. The lowest BCUT2D eigenvalue weighted by molar-refractivity contribution is -0.137. The Hall–Kier alpha value is -1.98. The summed E-state index contributed by atoms with van der Waals surface area (Å²) >= 11 is 0. The molecule has 2 nitrogen and oxygen atoms in total. The Morgan fingerprint density at radius 1 is 1.24 bits per heavy atom. The molecule has 1 N–H and O–H groups in total. The first-order valence-electron chi connectivity index (χ1n) is 6.38. The molecule has 1 aliphatic rings. The van der Waals surface area contributed by atoms with Crippen LogP contribution in [0, 0.1) is 11.7 Å². The highest BCUT2D eigenvalue weighted by molar-refractivity contribution is 5.50. The highest BCUT2D eigenvalue weighted by Gasteiger charge is 2.31. The average Bonchev–Trinajstić information content (AvgIpc) is 2.42. The van der Waals surface area contributed by atoms with Gasteiger partial charge < -0.3 is 10.1 Å². The molecule has 6 heteroatoms. The highest BCUT2D eigenvalue weighted by Crippen LogP contribution is 2.33. The van der Waals surface area contributed by atoms with Crippen LogP contribution in [-0.2, 0) is 10.9 Å². The first kappa shape index (κ1) is 15.4. The van der Waals surface area contributed by atoms with E-state index in [1.807, 2.05) is 6.92 Å². The number of allylic oxidation sites excluding steroid dienone is 2. The number of hydrogen-bond donors (Lipinski definition) is 1. The fourth-order valence-corrected chi connectivity index (χ4v) is 2.18. The van der Waals surface area contributed by atoms with Crippen LogP contribution in [0.3, 0.4) is 0 Å². The van der Waals surface area contributed by atoms with Gasteiger partial charge in [-0.25, -0.2) is 4.39 Å². The van der Waals surface area contributed by atoms with Crippen LogP contribution < -0.4 is 5.32 Å². The van der Waals surface area contributed by atoms with Gasteiger partial charge in [0.25, 0.3) is 0 Å². The van der Waals surface area contributed by atoms with E-state index in [0.717, 1.165) is 18.2 Å². The van der Waals surface area contributed by atoms with E-state index in [0.29, 0.717) is 5.76 Å². The summed E-state index contributed by atoms with van der Waals surface area (Å²) in [5.41, 5.74) is -1.06. The molecule has 1 aromatic rings. The molecule has 0 saturated heterocycles. The van der Waals surface area contributed by atoms with Crippen molar-refractivity contribution in [1.29, 1.82) is 0 Å². The number of anilines is 1. The number of rotatable bonds is 3. The monoisotopic (exact) mass is 301 g/mol. The fourth-order valence-electron chi connectivity index (χ4n) is 2.18. The van der Waals surface area contributed by atoms with Crippen LogP contribution in [0.15, 0.2) is 42.2 Å². The highest BCUT2D eigenvalue weighted by atomic mass is 19.4. The summed E-state index contributed by atoms with van der Waals surface area (Å²) in [6.45, 7) is 1.85. The molecule has 0 aromatic heterocycles. The summed E-state index contributed by atoms with van der Waals surface area (Å²) in [6, 6.07) is 1.97. The van der Waals surface area contributed by atoms with Gasteiger partial charge in [-0.2, -0.15) is 13.2 Å². The standard InChI is InChI=1S/C15H15F4NO/c1-9-12(4-3-5-14(9)21-2)20-13-8-10(15(17,18)19)6-7-11(13)16/h3-9,12,20H,1-2H3. The number of ether oxygens (including phenoxy) is 1. The average molecular weight is 301 g/mol. The van der Waals surface area contributed by atoms with Gasteiger partial charge in [-0.15, -0.1) is 0 Å². The van der Waals surface area contributed by atoms with Crippen LogP contribution in [0.1, 0.15) is 12.5 Å². The van der Waals surface area contributed by atoms with E-state index >= 15 is 0 Å². The molecule has 2 atom stereocenters. The van der Waals surface area contributed by atoms with E-state index in [1.165, 1.54) is 7.11 Å². The minimum absolute atomic E-state index is 0.117. The van der Waals surface area contributed by atoms with E-state index in [9.17, 15) is 17.6 Å². The van der Waals surface area contributed by atoms with Gasteiger partial charge in [0.15, 0.2) is 0 Å². The molecule has 0 bridgehead atoms. The van der Waals surface area contributed by atoms with Crippen LogP contribution in [0.25, 0.3) is 0 Å². The third kappa shape index (κ3) is 3.37. The maximum atomic E-state index is 13.7. The van der Waals surface area contributed by atoms with Gasteiger partial charge in [0.2, 0.25) is 0 Å². The molecule has 0 saturated carbocycles. The van der Waals surface area contributed by atoms with E-state index in [4.69, 9.17) is 4.74 Å².